The molecule has 0 spiro atoms. The third kappa shape index (κ3) is 3.49. The van der Waals surface area contributed by atoms with Crippen molar-refractivity contribution in [3.05, 3.63) is 33.9 Å². The van der Waals surface area contributed by atoms with Crippen molar-refractivity contribution >= 4 is 17.3 Å². The number of hydrogen-bond acceptors (Lipinski definition) is 5. The van der Waals surface area contributed by atoms with Gasteiger partial charge in [-0.25, -0.2) is 0 Å². The van der Waals surface area contributed by atoms with Crippen LogP contribution in [0.4, 0.5) is 11.4 Å². The van der Waals surface area contributed by atoms with Gasteiger partial charge in [0.05, 0.1) is 10.6 Å². The number of nitrogen functional groups attached to an aromatic ring is 1. The van der Waals surface area contributed by atoms with Crippen LogP contribution in [0.5, 0.6) is 0 Å². The van der Waals surface area contributed by atoms with Crippen LogP contribution in [-0.2, 0) is 11.3 Å². The van der Waals surface area contributed by atoms with Crippen molar-refractivity contribution in [3.63, 3.8) is 0 Å². The van der Waals surface area contributed by atoms with Crippen LogP contribution in [0.25, 0.3) is 0 Å². The number of nitrogens with two attached hydrogens (primary N) is 1. The second-order valence-corrected chi connectivity index (χ2v) is 5.38. The number of non-ortho nitro benzene ring substituents is 1. The Morgan fingerprint density at radius 1 is 1.52 bits per heavy atom. The summed E-state index contributed by atoms with van der Waals surface area (Å²) in [6.07, 6.45) is 2.64. The van der Waals surface area contributed by atoms with E-state index in [0.29, 0.717) is 36.7 Å². The third-order valence-electron chi connectivity index (χ3n) is 3.81. The van der Waals surface area contributed by atoms with Crippen LogP contribution < -0.4 is 11.3 Å². The van der Waals surface area contributed by atoms with E-state index in [-0.39, 0.29) is 11.6 Å². The molecule has 1 aromatic rings. The van der Waals surface area contributed by atoms with E-state index >= 15 is 0 Å². The molecule has 0 aliphatic carbocycles. The SMILES string of the molecule is CCCC1CC(=O)N(Cc2cc([N+](=O)[O-])ccc2NN)C1. The Bertz CT molecular complexity index is 547. The van der Waals surface area contributed by atoms with Crippen molar-refractivity contribution < 1.29 is 9.72 Å². The molecule has 114 valence electrons. The summed E-state index contributed by atoms with van der Waals surface area (Å²) in [5, 5.41) is 10.9. The van der Waals surface area contributed by atoms with E-state index in [9.17, 15) is 14.9 Å². The summed E-state index contributed by atoms with van der Waals surface area (Å²) in [5.41, 5.74) is 3.80. The molecule has 1 aromatic carbocycles. The summed E-state index contributed by atoms with van der Waals surface area (Å²) in [4.78, 5) is 24.2. The molecule has 0 radical (unpaired) electrons. The number of rotatable bonds is 6. The zero-order valence-corrected chi connectivity index (χ0v) is 12.0. The number of nitro groups is 1. The maximum atomic E-state index is 12.0. The van der Waals surface area contributed by atoms with Crippen LogP contribution in [-0.4, -0.2) is 22.3 Å². The number of nitrogens with zero attached hydrogens (tertiary/aromatic N) is 2. The number of hydrogen-bond donors (Lipinski definition) is 2. The fraction of sp³-hybridized carbons (Fsp3) is 0.500. The summed E-state index contributed by atoms with van der Waals surface area (Å²) in [6.45, 7) is 3.16. The Hall–Kier alpha value is -2.15. The molecular formula is C14H20N4O3. The second kappa shape index (κ2) is 6.53. The van der Waals surface area contributed by atoms with E-state index in [0.717, 1.165) is 12.8 Å². The van der Waals surface area contributed by atoms with E-state index in [4.69, 9.17) is 5.84 Å². The maximum Gasteiger partial charge on any atom is 0.269 e. The minimum Gasteiger partial charge on any atom is -0.338 e. The number of amides is 1. The molecule has 1 heterocycles. The first-order chi connectivity index (χ1) is 10.0. The van der Waals surface area contributed by atoms with Gasteiger partial charge < -0.3 is 10.3 Å². The zero-order chi connectivity index (χ0) is 15.4. The first-order valence-electron chi connectivity index (χ1n) is 7.06. The van der Waals surface area contributed by atoms with Crippen molar-refractivity contribution in [1.29, 1.82) is 0 Å². The monoisotopic (exact) mass is 292 g/mol. The molecule has 1 unspecified atom stereocenters. The fourth-order valence-electron chi connectivity index (χ4n) is 2.78. The molecule has 21 heavy (non-hydrogen) atoms. The largest absolute Gasteiger partial charge is 0.338 e. The van der Waals surface area contributed by atoms with Crippen LogP contribution in [0.15, 0.2) is 18.2 Å². The third-order valence-corrected chi connectivity index (χ3v) is 3.81. The Kier molecular flexibility index (Phi) is 4.74. The summed E-state index contributed by atoms with van der Waals surface area (Å²) < 4.78 is 0. The van der Waals surface area contributed by atoms with Gasteiger partial charge in [-0.3, -0.25) is 20.8 Å². The van der Waals surface area contributed by atoms with Gasteiger partial charge in [-0.1, -0.05) is 13.3 Å². The van der Waals surface area contributed by atoms with Crippen molar-refractivity contribution in [2.45, 2.75) is 32.7 Å². The van der Waals surface area contributed by atoms with E-state index in [1.807, 2.05) is 0 Å². The molecule has 1 amide bonds. The van der Waals surface area contributed by atoms with E-state index in [2.05, 4.69) is 12.3 Å². The van der Waals surface area contributed by atoms with E-state index in [1.165, 1.54) is 12.1 Å². The molecule has 2 rings (SSSR count). The summed E-state index contributed by atoms with van der Waals surface area (Å²) in [5.74, 6) is 5.92. The lowest BCUT2D eigenvalue weighted by Crippen LogP contribution is -2.25. The number of nitrogens with one attached hydrogen (secondary N) is 1. The number of hydrazine groups is 1. The van der Waals surface area contributed by atoms with Crippen LogP contribution >= 0.6 is 0 Å². The Balaban J connectivity index is 2.16. The molecule has 1 fully saturated rings. The standard InChI is InChI=1S/C14H20N4O3/c1-2-3-10-6-14(19)17(8-10)9-11-7-12(18(20)21)4-5-13(11)16-15/h4-5,7,10,16H,2-3,6,8-9,15H2,1H3. The average molecular weight is 292 g/mol. The maximum absolute atomic E-state index is 12.0. The zero-order valence-electron chi connectivity index (χ0n) is 12.0. The van der Waals surface area contributed by atoms with Crippen molar-refractivity contribution in [2.75, 3.05) is 12.0 Å². The first kappa shape index (κ1) is 15.2. The fourth-order valence-corrected chi connectivity index (χ4v) is 2.78. The van der Waals surface area contributed by atoms with Crippen LogP contribution in [0, 0.1) is 16.0 Å². The van der Waals surface area contributed by atoms with Gasteiger partial charge in [0.1, 0.15) is 0 Å². The number of carbonyl (C=O) groups is 1. The van der Waals surface area contributed by atoms with Gasteiger partial charge >= 0.3 is 0 Å². The summed E-state index contributed by atoms with van der Waals surface area (Å²) in [6, 6.07) is 4.43. The average Bonchev–Trinajstić information content (AvgIpc) is 2.79. The highest BCUT2D eigenvalue weighted by Gasteiger charge is 2.29. The van der Waals surface area contributed by atoms with Gasteiger partial charge in [0.2, 0.25) is 5.91 Å². The van der Waals surface area contributed by atoms with Crippen molar-refractivity contribution in [3.8, 4) is 0 Å². The minimum absolute atomic E-state index is 0.000698. The molecule has 3 N–H and O–H groups in total. The van der Waals surface area contributed by atoms with Gasteiger partial charge in [-0.2, -0.15) is 0 Å². The molecule has 0 saturated carbocycles. The molecule has 1 aliphatic rings. The molecular weight excluding hydrogens is 272 g/mol. The Morgan fingerprint density at radius 3 is 2.90 bits per heavy atom. The smallest absolute Gasteiger partial charge is 0.269 e. The number of anilines is 1. The lowest BCUT2D eigenvalue weighted by molar-refractivity contribution is -0.384. The molecule has 1 atom stereocenters. The number of carbonyl (C=O) groups excluding carboxylic acids is 1. The van der Waals surface area contributed by atoms with Gasteiger partial charge in [0.15, 0.2) is 0 Å². The van der Waals surface area contributed by atoms with Gasteiger partial charge in [-0.05, 0) is 18.4 Å². The van der Waals surface area contributed by atoms with Gasteiger partial charge in [0.25, 0.3) is 5.69 Å². The number of benzene rings is 1. The quantitative estimate of drug-likeness (QED) is 0.474. The highest BCUT2D eigenvalue weighted by Crippen LogP contribution is 2.27. The lowest BCUT2D eigenvalue weighted by atomic mass is 10.0. The molecule has 7 nitrogen and oxygen atoms in total. The predicted molar refractivity (Wildman–Crippen MR) is 79.3 cm³/mol. The number of nitro benzene ring substituents is 1. The van der Waals surface area contributed by atoms with Crippen molar-refractivity contribution in [2.24, 2.45) is 11.8 Å². The van der Waals surface area contributed by atoms with E-state index < -0.39 is 4.92 Å². The van der Waals surface area contributed by atoms with E-state index in [1.54, 1.807) is 11.0 Å². The topological polar surface area (TPSA) is 102 Å². The summed E-state index contributed by atoms with van der Waals surface area (Å²) in [7, 11) is 0. The highest BCUT2D eigenvalue weighted by molar-refractivity contribution is 5.79. The summed E-state index contributed by atoms with van der Waals surface area (Å²) >= 11 is 0. The molecule has 0 aromatic heterocycles. The molecule has 1 aliphatic heterocycles. The molecule has 7 heteroatoms. The Morgan fingerprint density at radius 2 is 2.29 bits per heavy atom. The van der Waals surface area contributed by atoms with Gasteiger partial charge in [-0.15, -0.1) is 0 Å². The van der Waals surface area contributed by atoms with Gasteiger partial charge in [0, 0.05) is 37.2 Å². The molecule has 1 saturated heterocycles. The normalized spacial score (nSPS) is 18.1. The minimum atomic E-state index is -0.449. The molecule has 0 bridgehead atoms. The predicted octanol–water partition coefficient (Wildman–Crippen LogP) is 2.03. The van der Waals surface area contributed by atoms with Crippen LogP contribution in [0.3, 0.4) is 0 Å². The number of likely N-dealkylation sites (tertiary alicyclic amines) is 1. The lowest BCUT2D eigenvalue weighted by Gasteiger charge is -2.18. The second-order valence-electron chi connectivity index (χ2n) is 5.38. The Labute approximate surface area is 123 Å². The van der Waals surface area contributed by atoms with Crippen LogP contribution in [0.1, 0.15) is 31.7 Å². The first-order valence-corrected chi connectivity index (χ1v) is 7.06. The highest BCUT2D eigenvalue weighted by atomic mass is 16.6. The van der Waals surface area contributed by atoms with Crippen LogP contribution in [0.2, 0.25) is 0 Å². The van der Waals surface area contributed by atoms with Crippen molar-refractivity contribution in [1.82, 2.24) is 4.90 Å².